The van der Waals surface area contributed by atoms with Crippen molar-refractivity contribution in [3.8, 4) is 22.5 Å². The van der Waals surface area contributed by atoms with Crippen LogP contribution in [0.2, 0.25) is 0 Å². The van der Waals surface area contributed by atoms with E-state index in [1.165, 1.54) is 50.2 Å². The van der Waals surface area contributed by atoms with Crippen molar-refractivity contribution in [2.45, 2.75) is 52.4 Å². The van der Waals surface area contributed by atoms with Crippen LogP contribution in [0, 0.1) is 0 Å². The van der Waals surface area contributed by atoms with Crippen LogP contribution in [-0.2, 0) is 0 Å². The number of anilines is 2. The Kier molecular flexibility index (Phi) is 7.14. The van der Waals surface area contributed by atoms with Crippen molar-refractivity contribution >= 4 is 29.4 Å². The number of rotatable bonds is 6. The van der Waals surface area contributed by atoms with E-state index in [0.29, 0.717) is 11.8 Å². The van der Waals surface area contributed by atoms with Crippen LogP contribution in [-0.4, -0.2) is 16.4 Å². The predicted octanol–water partition coefficient (Wildman–Crippen LogP) is 9.59. The van der Waals surface area contributed by atoms with Gasteiger partial charge in [-0.05, 0) is 64.5 Å². The van der Waals surface area contributed by atoms with E-state index in [-0.39, 0.29) is 6.98 Å². The molecule has 4 aromatic carbocycles. The van der Waals surface area contributed by atoms with Crippen LogP contribution in [0.15, 0.2) is 122 Å². The highest BCUT2D eigenvalue weighted by molar-refractivity contribution is 6.78. The molecule has 0 N–H and O–H groups in total. The van der Waals surface area contributed by atoms with E-state index in [4.69, 9.17) is 4.98 Å². The summed E-state index contributed by atoms with van der Waals surface area (Å²) in [5.41, 5.74) is 12.7. The topological polar surface area (TPSA) is 21.1 Å². The summed E-state index contributed by atoms with van der Waals surface area (Å²) >= 11 is 0. The maximum absolute atomic E-state index is 4.96. The summed E-state index contributed by atoms with van der Waals surface area (Å²) in [5, 5.41) is 0. The second kappa shape index (κ2) is 11.3. The number of hydrogen-bond acceptors (Lipinski definition) is 2. The van der Waals surface area contributed by atoms with Crippen molar-refractivity contribution in [3.05, 3.63) is 138 Å². The van der Waals surface area contributed by atoms with Crippen molar-refractivity contribution in [2.75, 3.05) is 4.81 Å². The predicted molar refractivity (Wildman–Crippen MR) is 183 cm³/mol. The van der Waals surface area contributed by atoms with Gasteiger partial charge in [-0.2, -0.15) is 0 Å². The van der Waals surface area contributed by atoms with Gasteiger partial charge in [0, 0.05) is 40.5 Å². The zero-order chi connectivity index (χ0) is 29.5. The minimum absolute atomic E-state index is 0.111. The summed E-state index contributed by atoms with van der Waals surface area (Å²) < 4.78 is 2.41. The van der Waals surface area contributed by atoms with Crippen LogP contribution in [0.4, 0.5) is 11.4 Å². The largest absolute Gasteiger partial charge is 0.422 e. The van der Waals surface area contributed by atoms with Gasteiger partial charge < -0.3 is 9.29 Å². The van der Waals surface area contributed by atoms with Crippen LogP contribution < -0.4 is 10.3 Å². The summed E-state index contributed by atoms with van der Waals surface area (Å²) in [6, 6.07) is 33.4. The monoisotopic (exact) mass is 559 g/mol. The quantitative estimate of drug-likeness (QED) is 0.193. The molecule has 1 aliphatic heterocycles. The smallest absolute Gasteiger partial charge is 0.360 e. The van der Waals surface area contributed by atoms with Crippen molar-refractivity contribution in [2.24, 2.45) is 0 Å². The normalized spacial score (nSPS) is 14.2. The van der Waals surface area contributed by atoms with Crippen LogP contribution in [0.5, 0.6) is 0 Å². The molecule has 0 saturated heterocycles. The Hall–Kier alpha value is -4.57. The molecule has 2 aliphatic rings. The lowest BCUT2D eigenvalue weighted by Gasteiger charge is -2.42. The molecule has 3 nitrogen and oxygen atoms in total. The second-order valence-electron chi connectivity index (χ2n) is 12.3. The number of nitrogens with zero attached hydrogens (tertiary/aromatic N) is 3. The molecule has 0 unspecified atom stereocenters. The molecule has 2 heterocycles. The van der Waals surface area contributed by atoms with Crippen molar-refractivity contribution < 1.29 is 0 Å². The van der Waals surface area contributed by atoms with E-state index in [2.05, 4.69) is 152 Å². The highest BCUT2D eigenvalue weighted by atomic mass is 15.2. The Bertz CT molecular complexity index is 1820. The van der Waals surface area contributed by atoms with Gasteiger partial charge in [0.25, 0.3) is 0 Å². The first-order valence-corrected chi connectivity index (χ1v) is 15.6. The third-order valence-corrected chi connectivity index (χ3v) is 8.92. The van der Waals surface area contributed by atoms with Crippen molar-refractivity contribution in [1.82, 2.24) is 9.46 Å². The molecule has 0 spiro atoms. The van der Waals surface area contributed by atoms with Gasteiger partial charge >= 0.3 is 6.98 Å². The molecular formula is C39H38BN3. The first kappa shape index (κ1) is 27.3. The van der Waals surface area contributed by atoms with E-state index in [0.717, 1.165) is 24.2 Å². The maximum atomic E-state index is 4.96. The SMILES string of the molecule is CC(C)c1cccc(C(C)C)c1B1N(c2c(C3=CCCC=C3)cccc2-c2ccccc2)c2ccccc2-c2nccn21. The van der Waals surface area contributed by atoms with Gasteiger partial charge in [0.15, 0.2) is 0 Å². The van der Waals surface area contributed by atoms with E-state index in [1.807, 2.05) is 6.20 Å². The summed E-state index contributed by atoms with van der Waals surface area (Å²) in [4.78, 5) is 7.58. The molecule has 1 aliphatic carbocycles. The average Bonchev–Trinajstić information content (AvgIpc) is 3.54. The highest BCUT2D eigenvalue weighted by Gasteiger charge is 2.42. The third-order valence-electron chi connectivity index (χ3n) is 8.92. The molecule has 5 aromatic rings. The first-order valence-electron chi connectivity index (χ1n) is 15.6. The Morgan fingerprint density at radius 1 is 0.698 bits per heavy atom. The summed E-state index contributed by atoms with van der Waals surface area (Å²) in [6.45, 7) is 9.17. The molecule has 0 radical (unpaired) electrons. The minimum Gasteiger partial charge on any atom is -0.360 e. The molecule has 0 atom stereocenters. The molecule has 212 valence electrons. The van der Waals surface area contributed by atoms with E-state index >= 15 is 0 Å². The molecule has 0 fully saturated rings. The zero-order valence-electron chi connectivity index (χ0n) is 25.5. The molecule has 0 saturated carbocycles. The fourth-order valence-corrected chi connectivity index (χ4v) is 6.97. The zero-order valence-corrected chi connectivity index (χ0v) is 25.5. The number of benzene rings is 4. The summed E-state index contributed by atoms with van der Waals surface area (Å²) in [7, 11) is 0. The number of hydrogen-bond donors (Lipinski definition) is 0. The fraction of sp³-hybridized carbons (Fsp3) is 0.205. The van der Waals surface area contributed by atoms with Crippen molar-refractivity contribution in [1.29, 1.82) is 0 Å². The molecule has 0 bridgehead atoms. The lowest BCUT2D eigenvalue weighted by atomic mass is 9.57. The van der Waals surface area contributed by atoms with Gasteiger partial charge in [-0.3, -0.25) is 0 Å². The Morgan fingerprint density at radius 3 is 2.09 bits per heavy atom. The molecule has 4 heteroatoms. The van der Waals surface area contributed by atoms with Gasteiger partial charge in [0.1, 0.15) is 5.82 Å². The first-order chi connectivity index (χ1) is 21.0. The molecule has 7 rings (SSSR count). The number of imidazole rings is 1. The van der Waals surface area contributed by atoms with Crippen LogP contribution in [0.3, 0.4) is 0 Å². The molecule has 43 heavy (non-hydrogen) atoms. The van der Waals surface area contributed by atoms with Crippen LogP contribution in [0.25, 0.3) is 28.1 Å². The molecular weight excluding hydrogens is 521 g/mol. The number of aromatic nitrogens is 2. The van der Waals surface area contributed by atoms with Gasteiger partial charge in [-0.25, -0.2) is 4.98 Å². The Balaban J connectivity index is 1.62. The van der Waals surface area contributed by atoms with Gasteiger partial charge in [0.2, 0.25) is 0 Å². The number of para-hydroxylation sites is 2. The number of allylic oxidation sites excluding steroid dienone is 4. The van der Waals surface area contributed by atoms with Crippen LogP contribution >= 0.6 is 0 Å². The van der Waals surface area contributed by atoms with Gasteiger partial charge in [-0.15, -0.1) is 0 Å². The van der Waals surface area contributed by atoms with E-state index in [9.17, 15) is 0 Å². The Labute approximate surface area is 256 Å². The van der Waals surface area contributed by atoms with Crippen LogP contribution in [0.1, 0.15) is 69.1 Å². The standard InChI is InChI=1S/C39H38BN3/c1-27(2)31-20-13-21-32(28(3)4)37(31)40-42-26-25-41-39(42)35-19-11-12-24-36(35)43(40)38-33(29-15-7-5-8-16-29)22-14-23-34(38)30-17-9-6-10-18-30/h5,7-9,11-28H,6,10H2,1-4H3. The second-order valence-corrected chi connectivity index (χ2v) is 12.3. The van der Waals surface area contributed by atoms with E-state index < -0.39 is 0 Å². The van der Waals surface area contributed by atoms with E-state index in [1.54, 1.807) is 0 Å². The maximum Gasteiger partial charge on any atom is 0.422 e. The summed E-state index contributed by atoms with van der Waals surface area (Å²) in [5.74, 6) is 1.75. The van der Waals surface area contributed by atoms with Crippen molar-refractivity contribution in [3.63, 3.8) is 0 Å². The Morgan fingerprint density at radius 2 is 1.37 bits per heavy atom. The van der Waals surface area contributed by atoms with Gasteiger partial charge in [-0.1, -0.05) is 125 Å². The minimum atomic E-state index is -0.111. The third kappa shape index (κ3) is 4.66. The molecule has 0 amide bonds. The average molecular weight is 560 g/mol. The lowest BCUT2D eigenvalue weighted by molar-refractivity contribution is 0.842. The summed E-state index contributed by atoms with van der Waals surface area (Å²) in [6.07, 6.45) is 13.3. The fourth-order valence-electron chi connectivity index (χ4n) is 6.97. The lowest BCUT2D eigenvalue weighted by Crippen LogP contribution is -2.56. The number of fused-ring (bicyclic) bond motifs is 3. The molecule has 1 aromatic heterocycles. The van der Waals surface area contributed by atoms with Gasteiger partial charge in [0.05, 0.1) is 0 Å². The highest BCUT2D eigenvalue weighted by Crippen LogP contribution is 2.47.